The minimum Gasteiger partial charge on any atom is -0.493 e. The van der Waals surface area contributed by atoms with Gasteiger partial charge in [-0.3, -0.25) is 4.98 Å². The summed E-state index contributed by atoms with van der Waals surface area (Å²) < 4.78 is 46.7. The molecule has 184 valence electrons. The van der Waals surface area contributed by atoms with Crippen LogP contribution in [0.5, 0.6) is 5.75 Å². The Morgan fingerprint density at radius 3 is 2.60 bits per heavy atom. The fourth-order valence-electron chi connectivity index (χ4n) is 3.91. The van der Waals surface area contributed by atoms with Crippen molar-refractivity contribution in [3.05, 3.63) is 65.7 Å². The molecule has 0 saturated carbocycles. The van der Waals surface area contributed by atoms with Crippen molar-refractivity contribution in [3.63, 3.8) is 0 Å². The summed E-state index contributed by atoms with van der Waals surface area (Å²) in [4.78, 5) is 9.04. The van der Waals surface area contributed by atoms with Gasteiger partial charge in [0.25, 0.3) is 0 Å². The molecule has 0 radical (unpaired) electrons. The van der Waals surface area contributed by atoms with Gasteiger partial charge < -0.3 is 10.1 Å². The van der Waals surface area contributed by atoms with E-state index in [2.05, 4.69) is 22.2 Å². The molecule has 4 nitrogen and oxygen atoms in total. The van der Waals surface area contributed by atoms with Crippen molar-refractivity contribution in [3.8, 4) is 17.0 Å². The lowest BCUT2D eigenvalue weighted by molar-refractivity contribution is -0.138. The number of anilines is 2. The molecule has 0 unspecified atom stereocenters. The second kappa shape index (κ2) is 11.5. The van der Waals surface area contributed by atoms with Gasteiger partial charge in [-0.1, -0.05) is 63.3 Å². The zero-order valence-electron chi connectivity index (χ0n) is 19.6. The number of ether oxygens (including phenoxy) is 1. The van der Waals surface area contributed by atoms with Crippen molar-refractivity contribution in [2.24, 2.45) is 0 Å². The summed E-state index contributed by atoms with van der Waals surface area (Å²) in [5, 5.41) is 6.38. The number of hydrogen-bond donors (Lipinski definition) is 1. The first-order valence-corrected chi connectivity index (χ1v) is 12.7. The number of thiazole rings is 1. The van der Waals surface area contributed by atoms with Gasteiger partial charge in [-0.25, -0.2) is 4.98 Å². The minimum absolute atomic E-state index is 0.140. The summed E-state index contributed by atoms with van der Waals surface area (Å²) in [6.07, 6.45) is 3.49. The van der Waals surface area contributed by atoms with E-state index in [1.54, 1.807) is 12.3 Å². The smallest absolute Gasteiger partial charge is 0.420 e. The van der Waals surface area contributed by atoms with Gasteiger partial charge in [-0.05, 0) is 30.7 Å². The average Bonchev–Trinajstić information content (AvgIpc) is 3.31. The second-order valence-corrected chi connectivity index (χ2v) is 9.23. The molecule has 1 N–H and O–H groups in total. The summed E-state index contributed by atoms with van der Waals surface area (Å²) in [6.45, 7) is 2.42. The van der Waals surface area contributed by atoms with Crippen LogP contribution in [-0.4, -0.2) is 16.6 Å². The molecule has 4 aromatic rings. The number of alkyl halides is 3. The molecule has 0 saturated heterocycles. The predicted molar refractivity (Wildman–Crippen MR) is 136 cm³/mol. The maximum Gasteiger partial charge on any atom is 0.420 e. The number of para-hydroxylation sites is 1. The van der Waals surface area contributed by atoms with E-state index < -0.39 is 11.7 Å². The lowest BCUT2D eigenvalue weighted by atomic mass is 10.1. The number of pyridine rings is 1. The highest BCUT2D eigenvalue weighted by Crippen LogP contribution is 2.39. The molecule has 0 bridgehead atoms. The van der Waals surface area contributed by atoms with Gasteiger partial charge in [0, 0.05) is 28.2 Å². The Balaban J connectivity index is 1.45. The van der Waals surface area contributed by atoms with Crippen LogP contribution in [0.1, 0.15) is 51.0 Å². The molecule has 0 aliphatic rings. The van der Waals surface area contributed by atoms with Crippen LogP contribution in [0.3, 0.4) is 0 Å². The number of rotatable bonds is 11. The van der Waals surface area contributed by atoms with Crippen molar-refractivity contribution in [1.29, 1.82) is 0 Å². The van der Waals surface area contributed by atoms with Gasteiger partial charge in [0.2, 0.25) is 0 Å². The van der Waals surface area contributed by atoms with Crippen LogP contribution in [0, 0.1) is 0 Å². The molecule has 0 atom stereocenters. The maximum absolute atomic E-state index is 13.7. The van der Waals surface area contributed by atoms with Crippen molar-refractivity contribution >= 4 is 33.1 Å². The number of nitrogens with one attached hydrogen (secondary N) is 1. The molecule has 0 spiro atoms. The molecule has 2 heterocycles. The van der Waals surface area contributed by atoms with E-state index in [0.717, 1.165) is 60.3 Å². The molecule has 0 fully saturated rings. The number of nitrogens with zero attached hydrogens (tertiary/aromatic N) is 2. The summed E-state index contributed by atoms with van der Waals surface area (Å²) in [5.41, 5.74) is 1.95. The average molecular weight is 500 g/mol. The molecule has 2 aromatic heterocycles. The van der Waals surface area contributed by atoms with Gasteiger partial charge in [0.05, 0.1) is 23.4 Å². The Morgan fingerprint density at radius 1 is 0.971 bits per heavy atom. The van der Waals surface area contributed by atoms with Gasteiger partial charge in [0.15, 0.2) is 5.13 Å². The Kier molecular flexibility index (Phi) is 8.23. The van der Waals surface area contributed by atoms with Crippen LogP contribution < -0.4 is 10.1 Å². The number of fused-ring (bicyclic) bond motifs is 1. The zero-order valence-corrected chi connectivity index (χ0v) is 20.4. The fraction of sp³-hybridized carbons (Fsp3) is 0.333. The standard InChI is InChI=1S/C27H28F3N3OS/c1-2-3-4-5-6-7-16-34-24-14-13-20(17-22(24)27(28,29)30)32-26-33-23(18-35-26)21-12-8-10-19-11-9-15-31-25(19)21/h8-15,17-18H,2-7,16H2,1H3,(H,32,33). The highest BCUT2D eigenvalue weighted by molar-refractivity contribution is 7.14. The molecular formula is C27H28F3N3OS. The van der Waals surface area contributed by atoms with E-state index in [-0.39, 0.29) is 12.4 Å². The summed E-state index contributed by atoms with van der Waals surface area (Å²) >= 11 is 1.33. The molecule has 0 aliphatic carbocycles. The van der Waals surface area contributed by atoms with Crippen LogP contribution in [0.25, 0.3) is 22.2 Å². The Bertz CT molecular complexity index is 1250. The van der Waals surface area contributed by atoms with Crippen LogP contribution in [-0.2, 0) is 6.18 Å². The Labute approximate surface area is 207 Å². The van der Waals surface area contributed by atoms with Crippen LogP contribution in [0.2, 0.25) is 0 Å². The molecule has 2 aromatic carbocycles. The number of halogens is 3. The van der Waals surface area contributed by atoms with Crippen molar-refractivity contribution in [2.75, 3.05) is 11.9 Å². The summed E-state index contributed by atoms with van der Waals surface area (Å²) in [7, 11) is 0. The molecule has 35 heavy (non-hydrogen) atoms. The van der Waals surface area contributed by atoms with Gasteiger partial charge in [-0.2, -0.15) is 13.2 Å². The van der Waals surface area contributed by atoms with Crippen molar-refractivity contribution in [2.45, 2.75) is 51.6 Å². The first-order chi connectivity index (χ1) is 17.0. The fourth-order valence-corrected chi connectivity index (χ4v) is 4.64. The third-order valence-electron chi connectivity index (χ3n) is 5.70. The number of benzene rings is 2. The third kappa shape index (κ3) is 6.51. The van der Waals surface area contributed by atoms with Gasteiger partial charge >= 0.3 is 6.18 Å². The number of aromatic nitrogens is 2. The van der Waals surface area contributed by atoms with Crippen molar-refractivity contribution < 1.29 is 17.9 Å². The van der Waals surface area contributed by atoms with E-state index >= 15 is 0 Å². The minimum atomic E-state index is -4.52. The number of unbranched alkanes of at least 4 members (excludes halogenated alkanes) is 5. The van der Waals surface area contributed by atoms with Gasteiger partial charge in [0.1, 0.15) is 5.75 Å². The quantitative estimate of drug-likeness (QED) is 0.209. The monoisotopic (exact) mass is 499 g/mol. The lowest BCUT2D eigenvalue weighted by Gasteiger charge is -2.15. The van der Waals surface area contributed by atoms with Crippen LogP contribution in [0.4, 0.5) is 24.0 Å². The molecule has 0 aliphatic heterocycles. The third-order valence-corrected chi connectivity index (χ3v) is 6.46. The first-order valence-electron chi connectivity index (χ1n) is 11.9. The molecular weight excluding hydrogens is 471 g/mol. The molecule has 8 heteroatoms. The topological polar surface area (TPSA) is 47.0 Å². The molecule has 0 amide bonds. The second-order valence-electron chi connectivity index (χ2n) is 8.37. The van der Waals surface area contributed by atoms with E-state index in [0.29, 0.717) is 10.8 Å². The van der Waals surface area contributed by atoms with E-state index in [9.17, 15) is 13.2 Å². The van der Waals surface area contributed by atoms with Crippen LogP contribution in [0.15, 0.2) is 60.1 Å². The normalized spacial score (nSPS) is 11.7. The zero-order chi connectivity index (χ0) is 24.7. The highest BCUT2D eigenvalue weighted by atomic mass is 32.1. The largest absolute Gasteiger partial charge is 0.493 e. The Hall–Kier alpha value is -3.13. The summed E-state index contributed by atoms with van der Waals surface area (Å²) in [6, 6.07) is 13.8. The van der Waals surface area contributed by atoms with E-state index in [4.69, 9.17) is 4.74 Å². The van der Waals surface area contributed by atoms with Crippen LogP contribution >= 0.6 is 11.3 Å². The predicted octanol–water partition coefficient (Wildman–Crippen LogP) is 8.86. The lowest BCUT2D eigenvalue weighted by Crippen LogP contribution is -2.10. The van der Waals surface area contributed by atoms with E-state index in [1.807, 2.05) is 35.7 Å². The van der Waals surface area contributed by atoms with Crippen molar-refractivity contribution in [1.82, 2.24) is 9.97 Å². The highest BCUT2D eigenvalue weighted by Gasteiger charge is 2.34. The molecule has 4 rings (SSSR count). The number of hydrogen-bond acceptors (Lipinski definition) is 5. The maximum atomic E-state index is 13.7. The summed E-state index contributed by atoms with van der Waals surface area (Å²) in [5.74, 6) is -0.140. The first kappa shape index (κ1) is 25.0. The van der Waals surface area contributed by atoms with E-state index in [1.165, 1.54) is 23.8 Å². The SMILES string of the molecule is CCCCCCCCOc1ccc(Nc2nc(-c3cccc4cccnc34)cs2)cc1C(F)(F)F. The Morgan fingerprint density at radius 2 is 1.77 bits per heavy atom. The van der Waals surface area contributed by atoms with Gasteiger partial charge in [-0.15, -0.1) is 11.3 Å².